The van der Waals surface area contributed by atoms with E-state index < -0.39 is 10.0 Å². The molecule has 4 nitrogen and oxygen atoms in total. The van der Waals surface area contributed by atoms with Crippen LogP contribution < -0.4 is 10.0 Å². The molecule has 1 saturated carbocycles. The van der Waals surface area contributed by atoms with Gasteiger partial charge in [-0.05, 0) is 55.8 Å². The highest BCUT2D eigenvalue weighted by Gasteiger charge is 2.42. The Morgan fingerprint density at radius 2 is 2.05 bits per heavy atom. The molecule has 0 unspecified atom stereocenters. The van der Waals surface area contributed by atoms with Gasteiger partial charge >= 0.3 is 0 Å². The SMILES string of the molecule is CCNCc1cc(S(=O)(=O)NCC2(SC)CC2)ccc1C. The third-order valence-corrected chi connectivity index (χ3v) is 6.84. The van der Waals surface area contributed by atoms with Crippen LogP contribution in [0.5, 0.6) is 0 Å². The van der Waals surface area contributed by atoms with Crippen molar-refractivity contribution >= 4 is 21.8 Å². The fourth-order valence-electron chi connectivity index (χ4n) is 2.17. The maximum atomic E-state index is 12.4. The Kier molecular flexibility index (Phi) is 5.35. The zero-order valence-corrected chi connectivity index (χ0v) is 14.5. The first-order chi connectivity index (χ1) is 9.92. The summed E-state index contributed by atoms with van der Waals surface area (Å²) in [5.41, 5.74) is 2.14. The number of rotatable bonds is 8. The monoisotopic (exact) mass is 328 g/mol. The zero-order chi connectivity index (χ0) is 15.5. The highest BCUT2D eigenvalue weighted by atomic mass is 32.2. The molecule has 0 atom stereocenters. The molecular weight excluding hydrogens is 304 g/mol. The summed E-state index contributed by atoms with van der Waals surface area (Å²) in [6, 6.07) is 5.34. The molecule has 1 aliphatic rings. The molecule has 118 valence electrons. The number of sulfonamides is 1. The zero-order valence-electron chi connectivity index (χ0n) is 12.9. The van der Waals surface area contributed by atoms with Crippen molar-refractivity contribution in [2.24, 2.45) is 0 Å². The molecule has 6 heteroatoms. The summed E-state index contributed by atoms with van der Waals surface area (Å²) >= 11 is 1.75. The molecule has 0 bridgehead atoms. The second-order valence-corrected chi connectivity index (χ2v) is 8.62. The third kappa shape index (κ3) is 4.22. The molecule has 1 fully saturated rings. The lowest BCUT2D eigenvalue weighted by atomic mass is 10.1. The number of nitrogens with one attached hydrogen (secondary N) is 2. The fourth-order valence-corrected chi connectivity index (χ4v) is 4.16. The van der Waals surface area contributed by atoms with Crippen molar-refractivity contribution in [2.45, 2.75) is 42.9 Å². The second-order valence-electron chi connectivity index (χ2n) is 5.58. The molecule has 0 aliphatic heterocycles. The van der Waals surface area contributed by atoms with Gasteiger partial charge in [0.2, 0.25) is 10.0 Å². The molecule has 0 heterocycles. The van der Waals surface area contributed by atoms with E-state index in [9.17, 15) is 8.42 Å². The summed E-state index contributed by atoms with van der Waals surface area (Å²) in [4.78, 5) is 0.359. The Morgan fingerprint density at radius 3 is 2.62 bits per heavy atom. The molecule has 2 rings (SSSR count). The van der Waals surface area contributed by atoms with E-state index in [1.807, 2.05) is 26.2 Å². The van der Waals surface area contributed by atoms with Gasteiger partial charge in [0.1, 0.15) is 0 Å². The topological polar surface area (TPSA) is 58.2 Å². The maximum absolute atomic E-state index is 12.4. The molecule has 1 aromatic rings. The van der Waals surface area contributed by atoms with Crippen LogP contribution in [0.2, 0.25) is 0 Å². The first-order valence-corrected chi connectivity index (χ1v) is 9.98. The molecular formula is C15H24N2O2S2. The molecule has 0 radical (unpaired) electrons. The van der Waals surface area contributed by atoms with Crippen molar-refractivity contribution in [1.29, 1.82) is 0 Å². The maximum Gasteiger partial charge on any atom is 0.240 e. The van der Waals surface area contributed by atoms with Crippen LogP contribution in [-0.4, -0.2) is 32.5 Å². The Morgan fingerprint density at radius 1 is 1.33 bits per heavy atom. The number of hydrogen-bond donors (Lipinski definition) is 2. The number of thioether (sulfide) groups is 1. The Hall–Kier alpha value is -0.560. The fraction of sp³-hybridized carbons (Fsp3) is 0.600. The van der Waals surface area contributed by atoms with E-state index in [0.717, 1.165) is 30.5 Å². The van der Waals surface area contributed by atoms with Crippen molar-refractivity contribution in [2.75, 3.05) is 19.3 Å². The van der Waals surface area contributed by atoms with Crippen LogP contribution in [0, 0.1) is 6.92 Å². The standard InChI is InChI=1S/C15H24N2O2S2/c1-4-16-10-13-9-14(6-5-12(13)2)21(18,19)17-11-15(20-3)7-8-15/h5-6,9,16-17H,4,7-8,10-11H2,1-3H3. The van der Waals surface area contributed by atoms with Gasteiger partial charge in [-0.15, -0.1) is 0 Å². The Labute approximate surface area is 132 Å². The summed E-state index contributed by atoms with van der Waals surface area (Å²) in [6.45, 7) is 6.12. The average Bonchev–Trinajstić information content (AvgIpc) is 3.25. The number of hydrogen-bond acceptors (Lipinski definition) is 4. The van der Waals surface area contributed by atoms with Crippen LogP contribution in [-0.2, 0) is 16.6 Å². The van der Waals surface area contributed by atoms with Crippen molar-refractivity contribution < 1.29 is 8.42 Å². The van der Waals surface area contributed by atoms with Crippen molar-refractivity contribution in [1.82, 2.24) is 10.0 Å². The van der Waals surface area contributed by atoms with Gasteiger partial charge in [-0.3, -0.25) is 0 Å². The minimum absolute atomic E-state index is 0.129. The summed E-state index contributed by atoms with van der Waals surface area (Å²) in [7, 11) is -3.42. The van der Waals surface area contributed by atoms with Gasteiger partial charge in [-0.2, -0.15) is 11.8 Å². The minimum Gasteiger partial charge on any atom is -0.313 e. The third-order valence-electron chi connectivity index (χ3n) is 4.02. The van der Waals surface area contributed by atoms with Crippen LogP contribution in [0.4, 0.5) is 0 Å². The van der Waals surface area contributed by atoms with E-state index in [0.29, 0.717) is 18.0 Å². The Bertz CT molecular complexity index is 596. The first kappa shape index (κ1) is 16.8. The molecule has 0 amide bonds. The minimum atomic E-state index is -3.42. The van der Waals surface area contributed by atoms with Crippen LogP contribution in [0.1, 0.15) is 30.9 Å². The highest BCUT2D eigenvalue weighted by Crippen LogP contribution is 2.46. The van der Waals surface area contributed by atoms with Crippen molar-refractivity contribution in [3.8, 4) is 0 Å². The van der Waals surface area contributed by atoms with Crippen LogP contribution >= 0.6 is 11.8 Å². The molecule has 1 aromatic carbocycles. The number of benzene rings is 1. The van der Waals surface area contributed by atoms with Gasteiger partial charge in [0.15, 0.2) is 0 Å². The smallest absolute Gasteiger partial charge is 0.240 e. The lowest BCUT2D eigenvalue weighted by Crippen LogP contribution is -2.31. The average molecular weight is 329 g/mol. The number of aryl methyl sites for hydroxylation is 1. The van der Waals surface area contributed by atoms with E-state index in [2.05, 4.69) is 10.0 Å². The summed E-state index contributed by atoms with van der Waals surface area (Å²) in [6.07, 6.45) is 4.23. The van der Waals surface area contributed by atoms with Crippen LogP contribution in [0.15, 0.2) is 23.1 Å². The van der Waals surface area contributed by atoms with Gasteiger partial charge < -0.3 is 5.32 Å². The van der Waals surface area contributed by atoms with Crippen LogP contribution in [0.25, 0.3) is 0 Å². The second kappa shape index (κ2) is 6.69. The van der Waals surface area contributed by atoms with E-state index in [4.69, 9.17) is 0 Å². The van der Waals surface area contributed by atoms with Crippen molar-refractivity contribution in [3.05, 3.63) is 29.3 Å². The van der Waals surface area contributed by atoms with E-state index in [1.54, 1.807) is 23.9 Å². The van der Waals surface area contributed by atoms with Gasteiger partial charge in [-0.25, -0.2) is 13.1 Å². The first-order valence-electron chi connectivity index (χ1n) is 7.27. The van der Waals surface area contributed by atoms with E-state index in [1.165, 1.54) is 0 Å². The largest absolute Gasteiger partial charge is 0.313 e. The van der Waals surface area contributed by atoms with E-state index in [-0.39, 0.29) is 4.75 Å². The van der Waals surface area contributed by atoms with Gasteiger partial charge in [0.25, 0.3) is 0 Å². The lowest BCUT2D eigenvalue weighted by molar-refractivity contribution is 0.579. The van der Waals surface area contributed by atoms with Gasteiger partial charge in [0, 0.05) is 17.8 Å². The predicted molar refractivity (Wildman–Crippen MR) is 89.2 cm³/mol. The molecule has 0 saturated heterocycles. The molecule has 0 spiro atoms. The van der Waals surface area contributed by atoms with Gasteiger partial charge in [0.05, 0.1) is 4.90 Å². The molecule has 2 N–H and O–H groups in total. The summed E-state index contributed by atoms with van der Waals surface area (Å²) < 4.78 is 27.7. The van der Waals surface area contributed by atoms with Crippen molar-refractivity contribution in [3.63, 3.8) is 0 Å². The predicted octanol–water partition coefficient (Wildman–Crippen LogP) is 2.28. The molecule has 1 aliphatic carbocycles. The normalized spacial score (nSPS) is 16.9. The quantitative estimate of drug-likeness (QED) is 0.769. The summed E-state index contributed by atoms with van der Waals surface area (Å²) in [5, 5.41) is 3.24. The van der Waals surface area contributed by atoms with Crippen LogP contribution in [0.3, 0.4) is 0 Å². The Balaban J connectivity index is 2.12. The summed E-state index contributed by atoms with van der Waals surface area (Å²) in [5.74, 6) is 0. The lowest BCUT2D eigenvalue weighted by Gasteiger charge is -2.14. The molecule has 21 heavy (non-hydrogen) atoms. The molecule has 0 aromatic heterocycles. The highest BCUT2D eigenvalue weighted by molar-refractivity contribution is 8.00. The van der Waals surface area contributed by atoms with Gasteiger partial charge in [-0.1, -0.05) is 13.0 Å². The van der Waals surface area contributed by atoms with E-state index >= 15 is 0 Å².